The molecule has 0 aromatic carbocycles. The first-order valence-electron chi connectivity index (χ1n) is 7.80. The van der Waals surface area contributed by atoms with Gasteiger partial charge in [-0.3, -0.25) is 0 Å². The fourth-order valence-corrected chi connectivity index (χ4v) is 2.69. The van der Waals surface area contributed by atoms with Crippen LogP contribution >= 0.6 is 0 Å². The van der Waals surface area contributed by atoms with Gasteiger partial charge in [0.05, 0.1) is 0 Å². The van der Waals surface area contributed by atoms with Crippen molar-refractivity contribution in [3.8, 4) is 0 Å². The van der Waals surface area contributed by atoms with E-state index in [-0.39, 0.29) is 0 Å². The molecular formula is C16H34N2. The van der Waals surface area contributed by atoms with Crippen LogP contribution in [0.2, 0.25) is 0 Å². The van der Waals surface area contributed by atoms with Crippen molar-refractivity contribution in [2.24, 2.45) is 17.3 Å². The Morgan fingerprint density at radius 2 is 2.00 bits per heavy atom. The smallest absolute Gasteiger partial charge is 0.0117 e. The predicted octanol–water partition coefficient (Wildman–Crippen LogP) is 3.38. The molecule has 0 aliphatic carbocycles. The maximum Gasteiger partial charge on any atom is 0.0117 e. The Morgan fingerprint density at radius 1 is 1.33 bits per heavy atom. The molecule has 0 spiro atoms. The molecule has 0 saturated carbocycles. The van der Waals surface area contributed by atoms with E-state index in [0.29, 0.717) is 5.41 Å². The fourth-order valence-electron chi connectivity index (χ4n) is 2.69. The van der Waals surface area contributed by atoms with Crippen molar-refractivity contribution < 1.29 is 0 Å². The number of rotatable bonds is 5. The number of hydrogen-bond donors (Lipinski definition) is 1. The van der Waals surface area contributed by atoms with E-state index in [2.05, 4.69) is 51.8 Å². The van der Waals surface area contributed by atoms with Crippen LogP contribution in [0.25, 0.3) is 0 Å². The highest BCUT2D eigenvalue weighted by atomic mass is 15.1. The third-order valence-electron chi connectivity index (χ3n) is 4.66. The molecule has 0 radical (unpaired) electrons. The fraction of sp³-hybridized carbons (Fsp3) is 1.00. The molecule has 0 aromatic heterocycles. The third kappa shape index (κ3) is 4.89. The summed E-state index contributed by atoms with van der Waals surface area (Å²) < 4.78 is 0. The lowest BCUT2D eigenvalue weighted by molar-refractivity contribution is 0.102. The maximum atomic E-state index is 3.70. The molecule has 1 heterocycles. The Balaban J connectivity index is 2.36. The van der Waals surface area contributed by atoms with Crippen LogP contribution in [0, 0.1) is 17.3 Å². The van der Waals surface area contributed by atoms with Crippen molar-refractivity contribution in [2.75, 3.05) is 26.2 Å². The molecule has 1 rings (SSSR count). The van der Waals surface area contributed by atoms with Gasteiger partial charge in [0.15, 0.2) is 0 Å². The van der Waals surface area contributed by atoms with E-state index in [0.717, 1.165) is 17.9 Å². The summed E-state index contributed by atoms with van der Waals surface area (Å²) in [5.74, 6) is 1.56. The Labute approximate surface area is 115 Å². The summed E-state index contributed by atoms with van der Waals surface area (Å²) in [6.45, 7) is 19.1. The van der Waals surface area contributed by atoms with Crippen molar-refractivity contribution in [3.63, 3.8) is 0 Å². The summed E-state index contributed by atoms with van der Waals surface area (Å²) in [4.78, 5) is 2.67. The molecule has 1 saturated heterocycles. The van der Waals surface area contributed by atoms with Crippen molar-refractivity contribution >= 4 is 0 Å². The van der Waals surface area contributed by atoms with Crippen LogP contribution in [0.3, 0.4) is 0 Å². The van der Waals surface area contributed by atoms with E-state index in [1.54, 1.807) is 0 Å². The Kier molecular flexibility index (Phi) is 6.13. The van der Waals surface area contributed by atoms with E-state index in [1.807, 2.05) is 0 Å². The Bertz CT molecular complexity index is 232. The molecule has 1 N–H and O–H groups in total. The molecule has 18 heavy (non-hydrogen) atoms. The minimum atomic E-state index is 0.431. The molecule has 1 aliphatic rings. The molecule has 0 aromatic rings. The van der Waals surface area contributed by atoms with Crippen LogP contribution in [0.1, 0.15) is 54.4 Å². The highest BCUT2D eigenvalue weighted by Gasteiger charge is 2.28. The van der Waals surface area contributed by atoms with Crippen LogP contribution in [-0.4, -0.2) is 37.1 Å². The van der Waals surface area contributed by atoms with E-state index in [4.69, 9.17) is 0 Å². The van der Waals surface area contributed by atoms with Gasteiger partial charge in [0.25, 0.3) is 0 Å². The molecule has 1 fully saturated rings. The highest BCUT2D eigenvalue weighted by Crippen LogP contribution is 2.27. The van der Waals surface area contributed by atoms with E-state index >= 15 is 0 Å². The molecule has 0 bridgehead atoms. The van der Waals surface area contributed by atoms with Crippen molar-refractivity contribution in [3.05, 3.63) is 0 Å². The van der Waals surface area contributed by atoms with Gasteiger partial charge in [0.2, 0.25) is 0 Å². The molecular weight excluding hydrogens is 220 g/mol. The lowest BCUT2D eigenvalue weighted by Crippen LogP contribution is -2.50. The average Bonchev–Trinajstić information content (AvgIpc) is 2.26. The number of nitrogens with one attached hydrogen (secondary N) is 1. The predicted molar refractivity (Wildman–Crippen MR) is 80.9 cm³/mol. The molecule has 0 amide bonds. The van der Waals surface area contributed by atoms with Gasteiger partial charge in [0, 0.05) is 19.1 Å². The second kappa shape index (κ2) is 6.91. The maximum absolute atomic E-state index is 3.70. The van der Waals surface area contributed by atoms with Gasteiger partial charge in [0.1, 0.15) is 0 Å². The quantitative estimate of drug-likeness (QED) is 0.809. The first-order chi connectivity index (χ1) is 8.34. The standard InChI is InChI=1S/C16H34N2/c1-7-9-17-15-8-10-18(11-13(15)2)12-14(3)16(4,5)6/h13-15,17H,7-12H2,1-6H3. The number of likely N-dealkylation sites (tertiary alicyclic amines) is 1. The Hall–Kier alpha value is -0.0800. The molecule has 108 valence electrons. The first kappa shape index (κ1) is 16.0. The minimum Gasteiger partial charge on any atom is -0.314 e. The van der Waals surface area contributed by atoms with E-state index in [1.165, 1.54) is 39.0 Å². The van der Waals surface area contributed by atoms with Gasteiger partial charge < -0.3 is 10.2 Å². The average molecular weight is 254 g/mol. The zero-order valence-electron chi connectivity index (χ0n) is 13.4. The molecule has 2 nitrogen and oxygen atoms in total. The zero-order valence-corrected chi connectivity index (χ0v) is 13.4. The summed E-state index contributed by atoms with van der Waals surface area (Å²) in [6, 6.07) is 0.742. The van der Waals surface area contributed by atoms with Gasteiger partial charge in [-0.1, -0.05) is 41.5 Å². The van der Waals surface area contributed by atoms with E-state index < -0.39 is 0 Å². The monoisotopic (exact) mass is 254 g/mol. The molecule has 2 heteroatoms. The molecule has 1 aliphatic heterocycles. The van der Waals surface area contributed by atoms with Crippen LogP contribution in [0.5, 0.6) is 0 Å². The van der Waals surface area contributed by atoms with Gasteiger partial charge in [-0.2, -0.15) is 0 Å². The number of piperidine rings is 1. The van der Waals surface area contributed by atoms with Crippen LogP contribution in [-0.2, 0) is 0 Å². The summed E-state index contributed by atoms with van der Waals surface area (Å²) in [5.41, 5.74) is 0.431. The van der Waals surface area contributed by atoms with Crippen molar-refractivity contribution in [1.29, 1.82) is 0 Å². The molecule has 3 atom stereocenters. The van der Waals surface area contributed by atoms with Crippen molar-refractivity contribution in [1.82, 2.24) is 10.2 Å². The van der Waals surface area contributed by atoms with Crippen molar-refractivity contribution in [2.45, 2.75) is 60.4 Å². The lowest BCUT2D eigenvalue weighted by atomic mass is 9.81. The lowest BCUT2D eigenvalue weighted by Gasteiger charge is -2.40. The second-order valence-corrected chi connectivity index (χ2v) is 7.35. The summed E-state index contributed by atoms with van der Waals surface area (Å²) in [7, 11) is 0. The van der Waals surface area contributed by atoms with Gasteiger partial charge >= 0.3 is 0 Å². The normalized spacial score (nSPS) is 28.3. The summed E-state index contributed by atoms with van der Waals surface area (Å²) >= 11 is 0. The van der Waals surface area contributed by atoms with Crippen LogP contribution in [0.15, 0.2) is 0 Å². The molecule has 3 unspecified atom stereocenters. The Morgan fingerprint density at radius 3 is 2.50 bits per heavy atom. The van der Waals surface area contributed by atoms with E-state index in [9.17, 15) is 0 Å². The summed E-state index contributed by atoms with van der Waals surface area (Å²) in [5, 5.41) is 3.70. The SMILES string of the molecule is CCCNC1CCN(CC(C)C(C)(C)C)CC1C. The number of nitrogens with zero attached hydrogens (tertiary/aromatic N) is 1. The van der Waals surface area contributed by atoms with Crippen LogP contribution < -0.4 is 5.32 Å². The first-order valence-corrected chi connectivity index (χ1v) is 7.80. The van der Waals surface area contributed by atoms with Gasteiger partial charge in [-0.15, -0.1) is 0 Å². The topological polar surface area (TPSA) is 15.3 Å². The number of hydrogen-bond acceptors (Lipinski definition) is 2. The largest absolute Gasteiger partial charge is 0.314 e. The van der Waals surface area contributed by atoms with Gasteiger partial charge in [-0.25, -0.2) is 0 Å². The second-order valence-electron chi connectivity index (χ2n) is 7.35. The van der Waals surface area contributed by atoms with Crippen LogP contribution in [0.4, 0.5) is 0 Å². The highest BCUT2D eigenvalue weighted by molar-refractivity contribution is 4.84. The minimum absolute atomic E-state index is 0.431. The third-order valence-corrected chi connectivity index (χ3v) is 4.66. The summed E-state index contributed by atoms with van der Waals surface area (Å²) in [6.07, 6.45) is 2.56. The zero-order chi connectivity index (χ0) is 13.8. The van der Waals surface area contributed by atoms with Gasteiger partial charge in [-0.05, 0) is 43.2 Å².